The first-order chi connectivity index (χ1) is 13.4. The van der Waals surface area contributed by atoms with Crippen molar-refractivity contribution in [2.24, 2.45) is 0 Å². The molecule has 0 radical (unpaired) electrons. The van der Waals surface area contributed by atoms with Crippen LogP contribution in [0.3, 0.4) is 0 Å². The van der Waals surface area contributed by atoms with Crippen LogP contribution in [0.25, 0.3) is 0 Å². The highest BCUT2D eigenvalue weighted by Gasteiger charge is 2.33. The van der Waals surface area contributed by atoms with Crippen molar-refractivity contribution in [3.8, 4) is 0 Å². The summed E-state index contributed by atoms with van der Waals surface area (Å²) in [6, 6.07) is 12.7. The van der Waals surface area contributed by atoms with E-state index in [4.69, 9.17) is 9.47 Å². The van der Waals surface area contributed by atoms with Gasteiger partial charge in [0.2, 0.25) is 17.4 Å². The Balaban J connectivity index is 1.72. The van der Waals surface area contributed by atoms with E-state index in [1.165, 1.54) is 0 Å². The first-order valence-electron chi connectivity index (χ1n) is 8.87. The van der Waals surface area contributed by atoms with Gasteiger partial charge in [0.05, 0.1) is 0 Å². The molecule has 1 heterocycles. The molecule has 0 amide bonds. The number of hydrogen-bond donors (Lipinski definition) is 1. The highest BCUT2D eigenvalue weighted by Crippen LogP contribution is 2.21. The van der Waals surface area contributed by atoms with Crippen LogP contribution in [0.5, 0.6) is 0 Å². The van der Waals surface area contributed by atoms with Gasteiger partial charge >= 0.3 is 5.97 Å². The Bertz CT molecular complexity index is 976. The summed E-state index contributed by atoms with van der Waals surface area (Å²) >= 11 is 0. The normalized spacial score (nSPS) is 13.3. The first-order valence-corrected chi connectivity index (χ1v) is 8.87. The Morgan fingerprint density at radius 3 is 2.43 bits per heavy atom. The molecule has 0 spiro atoms. The molecule has 1 N–H and O–H groups in total. The second-order valence-electron chi connectivity index (χ2n) is 6.66. The van der Waals surface area contributed by atoms with Gasteiger partial charge in [0.25, 0.3) is 0 Å². The van der Waals surface area contributed by atoms with Crippen LogP contribution in [0.4, 0.5) is 5.69 Å². The van der Waals surface area contributed by atoms with E-state index in [0.717, 1.165) is 16.7 Å². The Morgan fingerprint density at radius 1 is 1.04 bits per heavy atom. The van der Waals surface area contributed by atoms with Gasteiger partial charge in [-0.1, -0.05) is 24.3 Å². The first kappa shape index (κ1) is 19.4. The summed E-state index contributed by atoms with van der Waals surface area (Å²) in [5.41, 5.74) is 3.84. The molecule has 6 nitrogen and oxygen atoms in total. The lowest BCUT2D eigenvalue weighted by Crippen LogP contribution is -2.20. The molecule has 0 saturated carbocycles. The Morgan fingerprint density at radius 2 is 1.71 bits per heavy atom. The second kappa shape index (κ2) is 8.08. The van der Waals surface area contributed by atoms with Gasteiger partial charge in [-0.25, -0.2) is 4.79 Å². The van der Waals surface area contributed by atoms with E-state index < -0.39 is 18.4 Å². The van der Waals surface area contributed by atoms with Gasteiger partial charge in [-0.15, -0.1) is 0 Å². The third kappa shape index (κ3) is 4.11. The SMILES string of the molecule is Cc1cc(C)c(C(=O)COC(=O)C2=C(Nc3ccccc3)OCC2=O)cc1C. The number of esters is 1. The molecule has 0 unspecified atom stereocenters. The van der Waals surface area contributed by atoms with Crippen LogP contribution in [0.1, 0.15) is 27.0 Å². The maximum Gasteiger partial charge on any atom is 0.347 e. The number of benzene rings is 2. The lowest BCUT2D eigenvalue weighted by Gasteiger charge is -2.10. The molecule has 6 heteroatoms. The van der Waals surface area contributed by atoms with Gasteiger partial charge < -0.3 is 14.8 Å². The van der Waals surface area contributed by atoms with E-state index in [1.807, 2.05) is 45.0 Å². The number of rotatable bonds is 6. The maximum atomic E-state index is 12.5. The number of nitrogens with one attached hydrogen (secondary N) is 1. The molecule has 1 aliphatic heterocycles. The molecule has 144 valence electrons. The van der Waals surface area contributed by atoms with E-state index >= 15 is 0 Å². The van der Waals surface area contributed by atoms with E-state index in [1.54, 1.807) is 18.2 Å². The maximum absolute atomic E-state index is 12.5. The van der Waals surface area contributed by atoms with Crippen molar-refractivity contribution >= 4 is 23.2 Å². The predicted octanol–water partition coefficient (Wildman–Crippen LogP) is 3.26. The van der Waals surface area contributed by atoms with Crippen LogP contribution in [0.2, 0.25) is 0 Å². The summed E-state index contributed by atoms with van der Waals surface area (Å²) in [5, 5.41) is 2.90. The molecule has 28 heavy (non-hydrogen) atoms. The molecular weight excluding hydrogens is 358 g/mol. The topological polar surface area (TPSA) is 81.7 Å². The quantitative estimate of drug-likeness (QED) is 0.471. The summed E-state index contributed by atoms with van der Waals surface area (Å²) in [7, 11) is 0. The van der Waals surface area contributed by atoms with E-state index in [2.05, 4.69) is 5.32 Å². The van der Waals surface area contributed by atoms with Gasteiger partial charge in [-0.2, -0.15) is 0 Å². The highest BCUT2D eigenvalue weighted by molar-refractivity contribution is 6.20. The number of Topliss-reactive ketones (excluding diaryl/α,β-unsaturated/α-hetero) is 2. The number of ketones is 2. The predicted molar refractivity (Wildman–Crippen MR) is 104 cm³/mol. The van der Waals surface area contributed by atoms with Crippen molar-refractivity contribution in [3.63, 3.8) is 0 Å². The smallest absolute Gasteiger partial charge is 0.347 e. The fraction of sp³-hybridized carbons (Fsp3) is 0.227. The van der Waals surface area contributed by atoms with Gasteiger partial charge in [0, 0.05) is 11.3 Å². The van der Waals surface area contributed by atoms with E-state index in [0.29, 0.717) is 11.3 Å². The average Bonchev–Trinajstić information content (AvgIpc) is 3.03. The third-order valence-electron chi connectivity index (χ3n) is 4.56. The summed E-state index contributed by atoms with van der Waals surface area (Å²) in [6.07, 6.45) is 0. The Kier molecular flexibility index (Phi) is 5.59. The van der Waals surface area contributed by atoms with Crippen molar-refractivity contribution < 1.29 is 23.9 Å². The molecular formula is C22H21NO5. The molecule has 1 aliphatic rings. The van der Waals surface area contributed by atoms with Gasteiger partial charge in [-0.05, 0) is 55.7 Å². The number of ether oxygens (including phenoxy) is 2. The van der Waals surface area contributed by atoms with Crippen LogP contribution < -0.4 is 5.32 Å². The van der Waals surface area contributed by atoms with Crippen LogP contribution in [-0.4, -0.2) is 30.7 Å². The minimum Gasteiger partial charge on any atom is -0.470 e. The molecule has 0 fully saturated rings. The average molecular weight is 379 g/mol. The number of anilines is 1. The minimum absolute atomic E-state index is 0.0380. The fourth-order valence-electron chi connectivity index (χ4n) is 2.91. The number of carbonyl (C=O) groups excluding carboxylic acids is 3. The fourth-order valence-corrected chi connectivity index (χ4v) is 2.91. The molecule has 0 saturated heterocycles. The number of hydrogen-bond acceptors (Lipinski definition) is 6. The minimum atomic E-state index is -0.879. The Labute approximate surface area is 163 Å². The summed E-state index contributed by atoms with van der Waals surface area (Å²) in [5.74, 6) is -1.65. The number of para-hydroxylation sites is 1. The second-order valence-corrected chi connectivity index (χ2v) is 6.66. The van der Waals surface area contributed by atoms with Crippen LogP contribution >= 0.6 is 0 Å². The zero-order valence-electron chi connectivity index (χ0n) is 16.0. The lowest BCUT2D eigenvalue weighted by atomic mass is 9.98. The zero-order chi connectivity index (χ0) is 20.3. The molecule has 0 bridgehead atoms. The van der Waals surface area contributed by atoms with Crippen LogP contribution in [0.15, 0.2) is 53.9 Å². The summed E-state index contributed by atoms with van der Waals surface area (Å²) in [4.78, 5) is 37.0. The van der Waals surface area contributed by atoms with Gasteiger partial charge in [0.1, 0.15) is 0 Å². The lowest BCUT2D eigenvalue weighted by molar-refractivity contribution is -0.139. The monoisotopic (exact) mass is 379 g/mol. The number of carbonyl (C=O) groups is 3. The largest absolute Gasteiger partial charge is 0.470 e. The zero-order valence-corrected chi connectivity index (χ0v) is 16.0. The molecule has 2 aromatic rings. The van der Waals surface area contributed by atoms with Crippen LogP contribution in [0, 0.1) is 20.8 Å². The van der Waals surface area contributed by atoms with E-state index in [-0.39, 0.29) is 23.8 Å². The molecule has 0 aliphatic carbocycles. The Hall–Kier alpha value is -3.41. The molecule has 2 aromatic carbocycles. The van der Waals surface area contributed by atoms with Gasteiger partial charge in [0.15, 0.2) is 18.8 Å². The van der Waals surface area contributed by atoms with Gasteiger partial charge in [-0.3, -0.25) is 9.59 Å². The molecule has 3 rings (SSSR count). The number of aryl methyl sites for hydroxylation is 3. The van der Waals surface area contributed by atoms with E-state index in [9.17, 15) is 14.4 Å². The van der Waals surface area contributed by atoms with Crippen molar-refractivity contribution in [3.05, 3.63) is 76.2 Å². The summed E-state index contributed by atoms with van der Waals surface area (Å²) in [6.45, 7) is 5.02. The van der Waals surface area contributed by atoms with Crippen molar-refractivity contribution in [1.29, 1.82) is 0 Å². The highest BCUT2D eigenvalue weighted by atomic mass is 16.5. The van der Waals surface area contributed by atoms with Crippen LogP contribution in [-0.2, 0) is 19.1 Å². The van der Waals surface area contributed by atoms with Crippen molar-refractivity contribution in [2.45, 2.75) is 20.8 Å². The third-order valence-corrected chi connectivity index (χ3v) is 4.56. The summed E-state index contributed by atoms with van der Waals surface area (Å²) < 4.78 is 10.4. The van der Waals surface area contributed by atoms with Crippen molar-refractivity contribution in [1.82, 2.24) is 0 Å². The standard InChI is InChI=1S/C22H21NO5/c1-13-9-15(3)17(10-14(13)2)18(24)11-28-22(26)20-19(25)12-27-21(20)23-16-7-5-4-6-8-16/h4-10,23H,11-12H2,1-3H3. The molecule has 0 aromatic heterocycles. The molecule has 0 atom stereocenters. The van der Waals surface area contributed by atoms with Crippen molar-refractivity contribution in [2.75, 3.05) is 18.5 Å².